The van der Waals surface area contributed by atoms with Crippen molar-refractivity contribution < 1.29 is 14.7 Å². The van der Waals surface area contributed by atoms with E-state index >= 15 is 0 Å². The Hall–Kier alpha value is -1.68. The molecule has 0 bridgehead atoms. The Labute approximate surface area is 94.1 Å². The maximum absolute atomic E-state index is 11.5. The number of ketones is 1. The molecule has 0 aliphatic heterocycles. The second kappa shape index (κ2) is 6.02. The second-order valence-electron chi connectivity index (χ2n) is 3.66. The summed E-state index contributed by atoms with van der Waals surface area (Å²) in [6.45, 7) is 0. The van der Waals surface area contributed by atoms with Crippen LogP contribution in [0.3, 0.4) is 0 Å². The van der Waals surface area contributed by atoms with E-state index in [0.717, 1.165) is 5.56 Å². The molecule has 0 saturated carbocycles. The van der Waals surface area contributed by atoms with Crippen LogP contribution in [0.25, 0.3) is 0 Å². The van der Waals surface area contributed by atoms with Crippen molar-refractivity contribution in [2.24, 2.45) is 5.73 Å². The minimum Gasteiger partial charge on any atom is -0.481 e. The molecule has 1 rings (SSSR count). The lowest BCUT2D eigenvalue weighted by atomic mass is 10.0. The van der Waals surface area contributed by atoms with E-state index in [1.165, 1.54) is 0 Å². The quantitative estimate of drug-likeness (QED) is 0.750. The highest BCUT2D eigenvalue weighted by molar-refractivity contribution is 5.86. The first-order valence-electron chi connectivity index (χ1n) is 5.13. The average Bonchev–Trinajstić information content (AvgIpc) is 2.27. The maximum atomic E-state index is 11.5. The van der Waals surface area contributed by atoms with Crippen molar-refractivity contribution >= 4 is 11.8 Å². The molecule has 4 nitrogen and oxygen atoms in total. The third-order valence-electron chi connectivity index (χ3n) is 2.30. The fourth-order valence-electron chi connectivity index (χ4n) is 1.40. The van der Waals surface area contributed by atoms with Crippen LogP contribution in [0.2, 0.25) is 0 Å². The van der Waals surface area contributed by atoms with E-state index in [2.05, 4.69) is 0 Å². The van der Waals surface area contributed by atoms with E-state index < -0.39 is 12.0 Å². The molecule has 1 aromatic rings. The van der Waals surface area contributed by atoms with Gasteiger partial charge in [0.2, 0.25) is 0 Å². The van der Waals surface area contributed by atoms with Gasteiger partial charge in [0, 0.05) is 6.42 Å². The first-order chi connectivity index (χ1) is 7.59. The minimum absolute atomic E-state index is 0.00331. The van der Waals surface area contributed by atoms with Crippen molar-refractivity contribution in [3.63, 3.8) is 0 Å². The van der Waals surface area contributed by atoms with Crippen LogP contribution >= 0.6 is 0 Å². The number of carboxylic acid groups (broad SMARTS) is 1. The summed E-state index contributed by atoms with van der Waals surface area (Å²) in [5, 5.41) is 8.44. The Morgan fingerprint density at radius 3 is 2.38 bits per heavy atom. The molecule has 1 atom stereocenters. The number of Topliss-reactive ketones (excluding diaryl/α,β-unsaturated/α-hetero) is 1. The third-order valence-corrected chi connectivity index (χ3v) is 2.30. The Morgan fingerprint density at radius 2 is 1.81 bits per heavy atom. The lowest BCUT2D eigenvalue weighted by Gasteiger charge is -2.09. The summed E-state index contributed by atoms with van der Waals surface area (Å²) < 4.78 is 0. The number of carbonyl (C=O) groups is 2. The minimum atomic E-state index is -0.972. The smallest absolute Gasteiger partial charge is 0.303 e. The predicted octanol–water partition coefficient (Wildman–Crippen LogP) is 0.990. The zero-order chi connectivity index (χ0) is 12.0. The van der Waals surface area contributed by atoms with Crippen LogP contribution in [0.15, 0.2) is 30.3 Å². The lowest BCUT2D eigenvalue weighted by Crippen LogP contribution is -2.32. The van der Waals surface area contributed by atoms with Gasteiger partial charge in [-0.15, -0.1) is 0 Å². The molecule has 1 aromatic carbocycles. The Morgan fingerprint density at radius 1 is 1.19 bits per heavy atom. The number of aliphatic carboxylic acids is 1. The first kappa shape index (κ1) is 12.4. The molecule has 0 aliphatic rings. The van der Waals surface area contributed by atoms with E-state index in [-0.39, 0.29) is 18.6 Å². The molecule has 3 N–H and O–H groups in total. The molecule has 0 saturated heterocycles. The Bertz CT molecular complexity index is 362. The summed E-state index contributed by atoms with van der Waals surface area (Å²) in [5.41, 5.74) is 6.68. The van der Waals surface area contributed by atoms with Gasteiger partial charge in [-0.2, -0.15) is 0 Å². The molecule has 0 heterocycles. The number of rotatable bonds is 6. The van der Waals surface area contributed by atoms with Crippen molar-refractivity contribution in [2.45, 2.75) is 25.3 Å². The van der Waals surface area contributed by atoms with Gasteiger partial charge in [-0.05, 0) is 12.0 Å². The van der Waals surface area contributed by atoms with Crippen LogP contribution in [-0.4, -0.2) is 22.9 Å². The van der Waals surface area contributed by atoms with Gasteiger partial charge < -0.3 is 10.8 Å². The van der Waals surface area contributed by atoms with Gasteiger partial charge in [-0.3, -0.25) is 9.59 Å². The highest BCUT2D eigenvalue weighted by atomic mass is 16.4. The number of carbonyl (C=O) groups excluding carboxylic acids is 1. The van der Waals surface area contributed by atoms with Gasteiger partial charge >= 0.3 is 5.97 Å². The average molecular weight is 221 g/mol. The van der Waals surface area contributed by atoms with Crippen LogP contribution in [0.5, 0.6) is 0 Å². The molecule has 16 heavy (non-hydrogen) atoms. The molecule has 0 unspecified atom stereocenters. The Kier molecular flexibility index (Phi) is 4.66. The van der Waals surface area contributed by atoms with Gasteiger partial charge in [0.15, 0.2) is 0 Å². The van der Waals surface area contributed by atoms with Crippen molar-refractivity contribution in [1.82, 2.24) is 0 Å². The summed E-state index contributed by atoms with van der Waals surface area (Å²) in [7, 11) is 0. The van der Waals surface area contributed by atoms with Crippen LogP contribution in [0.1, 0.15) is 18.4 Å². The molecule has 0 aromatic heterocycles. The van der Waals surface area contributed by atoms with Gasteiger partial charge in [-0.1, -0.05) is 30.3 Å². The van der Waals surface area contributed by atoms with Crippen LogP contribution in [0.4, 0.5) is 0 Å². The molecular weight excluding hydrogens is 206 g/mol. The summed E-state index contributed by atoms with van der Waals surface area (Å²) in [6.07, 6.45) is 0.309. The zero-order valence-corrected chi connectivity index (χ0v) is 8.93. The summed E-state index contributed by atoms with van der Waals surface area (Å²) >= 11 is 0. The Balaban J connectivity index is 2.43. The SMILES string of the molecule is N[C@@H](Cc1ccccc1)C(=O)CCC(=O)O. The fourth-order valence-corrected chi connectivity index (χ4v) is 1.40. The third kappa shape index (κ3) is 4.23. The molecule has 0 fully saturated rings. The molecular formula is C12H15NO3. The van der Waals surface area contributed by atoms with Crippen molar-refractivity contribution in [1.29, 1.82) is 0 Å². The van der Waals surface area contributed by atoms with Gasteiger partial charge in [0.05, 0.1) is 12.5 Å². The number of carboxylic acids is 1. The summed E-state index contributed by atoms with van der Waals surface area (Å²) in [6, 6.07) is 8.82. The zero-order valence-electron chi connectivity index (χ0n) is 8.93. The number of hydrogen-bond acceptors (Lipinski definition) is 3. The van der Waals surface area contributed by atoms with E-state index in [9.17, 15) is 9.59 Å². The van der Waals surface area contributed by atoms with Crippen LogP contribution in [-0.2, 0) is 16.0 Å². The number of nitrogens with two attached hydrogens (primary N) is 1. The first-order valence-corrected chi connectivity index (χ1v) is 5.13. The van der Waals surface area contributed by atoms with Gasteiger partial charge in [-0.25, -0.2) is 0 Å². The van der Waals surface area contributed by atoms with Crippen LogP contribution in [0, 0.1) is 0 Å². The van der Waals surface area contributed by atoms with Crippen molar-refractivity contribution in [3.05, 3.63) is 35.9 Å². The normalized spacial score (nSPS) is 12.1. The topological polar surface area (TPSA) is 80.4 Å². The molecule has 4 heteroatoms. The van der Waals surface area contributed by atoms with E-state index in [1.54, 1.807) is 0 Å². The lowest BCUT2D eigenvalue weighted by molar-refractivity contribution is -0.138. The maximum Gasteiger partial charge on any atom is 0.303 e. The number of hydrogen-bond donors (Lipinski definition) is 2. The molecule has 0 radical (unpaired) electrons. The van der Waals surface area contributed by atoms with E-state index in [4.69, 9.17) is 10.8 Å². The van der Waals surface area contributed by atoms with E-state index in [1.807, 2.05) is 30.3 Å². The number of benzene rings is 1. The monoisotopic (exact) mass is 221 g/mol. The van der Waals surface area contributed by atoms with E-state index in [0.29, 0.717) is 6.42 Å². The standard InChI is InChI=1S/C12H15NO3/c13-10(11(14)6-7-12(15)16)8-9-4-2-1-3-5-9/h1-5,10H,6-8,13H2,(H,15,16)/t10-/m0/s1. The molecule has 0 amide bonds. The highest BCUT2D eigenvalue weighted by Crippen LogP contribution is 2.04. The summed E-state index contributed by atoms with van der Waals surface area (Å²) in [5.74, 6) is -1.17. The van der Waals surface area contributed by atoms with Crippen molar-refractivity contribution in [3.8, 4) is 0 Å². The summed E-state index contributed by atoms with van der Waals surface area (Å²) in [4.78, 5) is 21.8. The molecule has 86 valence electrons. The predicted molar refractivity (Wildman–Crippen MR) is 60.0 cm³/mol. The fraction of sp³-hybridized carbons (Fsp3) is 0.333. The largest absolute Gasteiger partial charge is 0.481 e. The highest BCUT2D eigenvalue weighted by Gasteiger charge is 2.14. The second-order valence-corrected chi connectivity index (χ2v) is 3.66. The van der Waals surface area contributed by atoms with Gasteiger partial charge in [0.1, 0.15) is 5.78 Å². The molecule has 0 spiro atoms. The van der Waals surface area contributed by atoms with Crippen molar-refractivity contribution in [2.75, 3.05) is 0 Å². The van der Waals surface area contributed by atoms with Gasteiger partial charge in [0.25, 0.3) is 0 Å². The molecule has 0 aliphatic carbocycles. The van der Waals surface area contributed by atoms with Crippen LogP contribution < -0.4 is 5.73 Å².